The van der Waals surface area contributed by atoms with Crippen molar-refractivity contribution < 1.29 is 17.9 Å². The third kappa shape index (κ3) is 4.54. The fraction of sp³-hybridized carbons (Fsp3) is 0.381. The highest BCUT2D eigenvalue weighted by atomic mass is 32.2. The zero-order chi connectivity index (χ0) is 20.1. The number of para-hydroxylation sites is 2. The molecular formula is C21H26N2O4S. The summed E-state index contributed by atoms with van der Waals surface area (Å²) in [6, 6.07) is 13.6. The standard InChI is InChI=1S/C21H26N2O4S/c1-16-7-6-12-23(15-16)28(25,26)18-9-5-8-17(13-18)20(24)14-22-19-10-3-4-11-21(19)27-2/h3-5,8-11,13,16,22H,6-7,12,14-15H2,1-2H3. The average Bonchev–Trinajstić information content (AvgIpc) is 2.72. The van der Waals surface area contributed by atoms with Gasteiger partial charge in [-0.05, 0) is 43.0 Å². The summed E-state index contributed by atoms with van der Waals surface area (Å²) in [7, 11) is -2.02. The summed E-state index contributed by atoms with van der Waals surface area (Å²) in [6.07, 6.45) is 1.90. The van der Waals surface area contributed by atoms with Gasteiger partial charge in [0, 0.05) is 18.7 Å². The SMILES string of the molecule is COc1ccccc1NCC(=O)c1cccc(S(=O)(=O)N2CCCC(C)C2)c1. The van der Waals surface area contributed by atoms with Gasteiger partial charge in [-0.2, -0.15) is 4.31 Å². The van der Waals surface area contributed by atoms with E-state index in [1.165, 1.54) is 10.4 Å². The highest BCUT2D eigenvalue weighted by Gasteiger charge is 2.29. The summed E-state index contributed by atoms with van der Waals surface area (Å²) in [4.78, 5) is 12.8. The van der Waals surface area contributed by atoms with E-state index in [0.29, 0.717) is 36.0 Å². The lowest BCUT2D eigenvalue weighted by atomic mass is 10.0. The maximum atomic E-state index is 13.0. The number of anilines is 1. The summed E-state index contributed by atoms with van der Waals surface area (Å²) < 4.78 is 32.7. The molecule has 2 aromatic carbocycles. The van der Waals surface area contributed by atoms with Crippen LogP contribution in [0.3, 0.4) is 0 Å². The molecular weight excluding hydrogens is 376 g/mol. The van der Waals surface area contributed by atoms with Crippen molar-refractivity contribution in [2.45, 2.75) is 24.7 Å². The second-order valence-corrected chi connectivity index (χ2v) is 9.05. The van der Waals surface area contributed by atoms with E-state index in [0.717, 1.165) is 12.8 Å². The molecule has 1 heterocycles. The molecule has 0 aliphatic carbocycles. The van der Waals surface area contributed by atoms with Crippen LogP contribution < -0.4 is 10.1 Å². The van der Waals surface area contributed by atoms with Crippen molar-refractivity contribution in [2.24, 2.45) is 5.92 Å². The number of ketones is 1. The number of nitrogens with zero attached hydrogens (tertiary/aromatic N) is 1. The van der Waals surface area contributed by atoms with Crippen LogP contribution in [0.2, 0.25) is 0 Å². The van der Waals surface area contributed by atoms with E-state index in [9.17, 15) is 13.2 Å². The van der Waals surface area contributed by atoms with Gasteiger partial charge in [0.15, 0.2) is 5.78 Å². The molecule has 6 nitrogen and oxygen atoms in total. The molecule has 1 fully saturated rings. The molecule has 150 valence electrons. The number of piperidine rings is 1. The Labute approximate surface area is 166 Å². The van der Waals surface area contributed by atoms with E-state index in [1.54, 1.807) is 31.4 Å². The summed E-state index contributed by atoms with van der Waals surface area (Å²) >= 11 is 0. The molecule has 1 N–H and O–H groups in total. The molecule has 0 spiro atoms. The number of methoxy groups -OCH3 is 1. The van der Waals surface area contributed by atoms with E-state index in [2.05, 4.69) is 12.2 Å². The number of hydrogen-bond donors (Lipinski definition) is 1. The molecule has 7 heteroatoms. The van der Waals surface area contributed by atoms with E-state index in [1.807, 2.05) is 18.2 Å². The molecule has 0 aromatic heterocycles. The summed E-state index contributed by atoms with van der Waals surface area (Å²) in [5.41, 5.74) is 1.08. The van der Waals surface area contributed by atoms with E-state index in [-0.39, 0.29) is 17.2 Å². The Hall–Kier alpha value is -2.38. The lowest BCUT2D eigenvalue weighted by Crippen LogP contribution is -2.39. The fourth-order valence-corrected chi connectivity index (χ4v) is 5.06. The summed E-state index contributed by atoms with van der Waals surface area (Å²) in [5, 5.41) is 3.06. The highest BCUT2D eigenvalue weighted by Crippen LogP contribution is 2.25. The molecule has 0 radical (unpaired) electrons. The summed E-state index contributed by atoms with van der Waals surface area (Å²) in [6.45, 7) is 3.16. The minimum absolute atomic E-state index is 0.0463. The Balaban J connectivity index is 1.74. The first-order valence-corrected chi connectivity index (χ1v) is 10.9. The Morgan fingerprint density at radius 3 is 2.75 bits per heavy atom. The predicted octanol–water partition coefficient (Wildman–Crippen LogP) is 3.41. The molecule has 3 rings (SSSR count). The molecule has 1 unspecified atom stereocenters. The van der Waals surface area contributed by atoms with Crippen molar-refractivity contribution in [3.63, 3.8) is 0 Å². The van der Waals surface area contributed by atoms with Crippen molar-refractivity contribution in [1.29, 1.82) is 0 Å². The first kappa shape index (κ1) is 20.4. The number of sulfonamides is 1. The Kier molecular flexibility index (Phi) is 6.36. The van der Waals surface area contributed by atoms with Crippen LogP contribution in [-0.4, -0.2) is 45.3 Å². The fourth-order valence-electron chi connectivity index (χ4n) is 3.41. The van der Waals surface area contributed by atoms with Crippen molar-refractivity contribution in [1.82, 2.24) is 4.31 Å². The van der Waals surface area contributed by atoms with Gasteiger partial charge in [-0.1, -0.05) is 31.2 Å². The minimum Gasteiger partial charge on any atom is -0.495 e. The number of hydrogen-bond acceptors (Lipinski definition) is 5. The predicted molar refractivity (Wildman–Crippen MR) is 109 cm³/mol. The molecule has 28 heavy (non-hydrogen) atoms. The number of benzene rings is 2. The maximum absolute atomic E-state index is 13.0. The number of rotatable bonds is 7. The Bertz CT molecular complexity index is 943. The molecule has 1 atom stereocenters. The van der Waals surface area contributed by atoms with Crippen molar-refractivity contribution >= 4 is 21.5 Å². The van der Waals surface area contributed by atoms with Gasteiger partial charge in [-0.3, -0.25) is 4.79 Å². The van der Waals surface area contributed by atoms with Crippen LogP contribution in [-0.2, 0) is 10.0 Å². The molecule has 1 saturated heterocycles. The van der Waals surface area contributed by atoms with Crippen LogP contribution in [0, 0.1) is 5.92 Å². The van der Waals surface area contributed by atoms with Crippen LogP contribution in [0.15, 0.2) is 53.4 Å². The van der Waals surface area contributed by atoms with Gasteiger partial charge in [0.2, 0.25) is 10.0 Å². The second kappa shape index (κ2) is 8.75. The zero-order valence-electron chi connectivity index (χ0n) is 16.2. The smallest absolute Gasteiger partial charge is 0.243 e. The Morgan fingerprint density at radius 2 is 2.00 bits per heavy atom. The lowest BCUT2D eigenvalue weighted by molar-refractivity contribution is 0.101. The first-order chi connectivity index (χ1) is 13.4. The van der Waals surface area contributed by atoms with E-state index >= 15 is 0 Å². The van der Waals surface area contributed by atoms with Gasteiger partial charge >= 0.3 is 0 Å². The number of ether oxygens (including phenoxy) is 1. The van der Waals surface area contributed by atoms with E-state index in [4.69, 9.17) is 4.74 Å². The average molecular weight is 403 g/mol. The molecule has 2 aromatic rings. The van der Waals surface area contributed by atoms with Gasteiger partial charge in [-0.25, -0.2) is 8.42 Å². The molecule has 0 bridgehead atoms. The topological polar surface area (TPSA) is 75.7 Å². The van der Waals surface area contributed by atoms with Crippen LogP contribution in [0.1, 0.15) is 30.1 Å². The molecule has 0 saturated carbocycles. The van der Waals surface area contributed by atoms with Crippen LogP contribution in [0.25, 0.3) is 0 Å². The monoisotopic (exact) mass is 402 g/mol. The number of carbonyl (C=O) groups excluding carboxylic acids is 1. The maximum Gasteiger partial charge on any atom is 0.243 e. The van der Waals surface area contributed by atoms with Crippen LogP contribution in [0.4, 0.5) is 5.69 Å². The van der Waals surface area contributed by atoms with Gasteiger partial charge in [0.05, 0.1) is 24.2 Å². The number of Topliss-reactive ketones (excluding diaryl/α,β-unsaturated/α-hetero) is 1. The lowest BCUT2D eigenvalue weighted by Gasteiger charge is -2.30. The van der Waals surface area contributed by atoms with Crippen molar-refractivity contribution in [3.8, 4) is 5.75 Å². The van der Waals surface area contributed by atoms with Gasteiger partial charge in [0.25, 0.3) is 0 Å². The minimum atomic E-state index is -3.59. The van der Waals surface area contributed by atoms with Gasteiger partial charge < -0.3 is 10.1 Å². The number of nitrogens with one attached hydrogen (secondary N) is 1. The third-order valence-corrected chi connectivity index (χ3v) is 6.82. The zero-order valence-corrected chi connectivity index (χ0v) is 17.0. The van der Waals surface area contributed by atoms with E-state index < -0.39 is 10.0 Å². The molecule has 1 aliphatic rings. The molecule has 1 aliphatic heterocycles. The highest BCUT2D eigenvalue weighted by molar-refractivity contribution is 7.89. The first-order valence-electron chi connectivity index (χ1n) is 9.42. The Morgan fingerprint density at radius 1 is 1.21 bits per heavy atom. The van der Waals surface area contributed by atoms with Crippen molar-refractivity contribution in [3.05, 3.63) is 54.1 Å². The number of carbonyl (C=O) groups is 1. The normalized spacial score (nSPS) is 17.9. The van der Waals surface area contributed by atoms with Gasteiger partial charge in [-0.15, -0.1) is 0 Å². The second-order valence-electron chi connectivity index (χ2n) is 7.12. The van der Waals surface area contributed by atoms with Crippen LogP contribution in [0.5, 0.6) is 5.75 Å². The van der Waals surface area contributed by atoms with Gasteiger partial charge in [0.1, 0.15) is 5.75 Å². The molecule has 0 amide bonds. The largest absolute Gasteiger partial charge is 0.495 e. The third-order valence-electron chi connectivity index (χ3n) is 4.96. The quantitative estimate of drug-likeness (QED) is 0.719. The van der Waals surface area contributed by atoms with Crippen LogP contribution >= 0.6 is 0 Å². The van der Waals surface area contributed by atoms with Crippen molar-refractivity contribution in [2.75, 3.05) is 32.1 Å². The summed E-state index contributed by atoms with van der Waals surface area (Å²) in [5.74, 6) is 0.805.